The van der Waals surface area contributed by atoms with Crippen LogP contribution in [-0.4, -0.2) is 98.4 Å². The third-order valence-electron chi connectivity index (χ3n) is 10.5. The molecule has 1 atom stereocenters. The molecule has 0 radical (unpaired) electrons. The number of nitrogens with one attached hydrogen (secondary N) is 1. The van der Waals surface area contributed by atoms with Gasteiger partial charge in [-0.2, -0.15) is 0 Å². The summed E-state index contributed by atoms with van der Waals surface area (Å²) in [5.74, 6) is 0.427. The minimum atomic E-state index is -2.55. The van der Waals surface area contributed by atoms with E-state index in [-0.39, 0.29) is 35.8 Å². The molecule has 0 saturated carbocycles. The zero-order chi connectivity index (χ0) is 34.4. The number of methoxy groups -OCH3 is 2. The van der Waals surface area contributed by atoms with Crippen molar-refractivity contribution < 1.29 is 32.6 Å². The van der Waals surface area contributed by atoms with Gasteiger partial charge in [-0.15, -0.1) is 6.58 Å². The van der Waals surface area contributed by atoms with Crippen LogP contribution in [0.15, 0.2) is 60.8 Å². The third kappa shape index (κ3) is 6.18. The molecule has 258 valence electrons. The fourth-order valence-electron chi connectivity index (χ4n) is 7.97. The highest BCUT2D eigenvalue weighted by atomic mass is 19.3. The van der Waals surface area contributed by atoms with Crippen LogP contribution in [-0.2, 0) is 22.7 Å². The minimum Gasteiger partial charge on any atom is -0.496 e. The lowest BCUT2D eigenvalue weighted by Crippen LogP contribution is -2.57. The molecule has 3 fully saturated rings. The minimum absolute atomic E-state index is 0.0546. The van der Waals surface area contributed by atoms with Gasteiger partial charge < -0.3 is 24.2 Å². The Hall–Kier alpha value is -4.71. The molecule has 0 aliphatic carbocycles. The van der Waals surface area contributed by atoms with Crippen LogP contribution in [0.2, 0.25) is 0 Å². The molecule has 2 aromatic rings. The van der Waals surface area contributed by atoms with Crippen LogP contribution in [0.1, 0.15) is 46.3 Å². The number of allylic oxidation sites excluding steroid dienone is 2. The first-order valence-electron chi connectivity index (χ1n) is 16.7. The Morgan fingerprint density at radius 1 is 1.06 bits per heavy atom. The van der Waals surface area contributed by atoms with Gasteiger partial charge in [0.25, 0.3) is 12.3 Å². The Morgan fingerprint density at radius 3 is 2.49 bits per heavy atom. The van der Waals surface area contributed by atoms with Crippen molar-refractivity contribution in [2.75, 3.05) is 58.4 Å². The number of hydrogen-bond donors (Lipinski definition) is 1. The predicted molar refractivity (Wildman–Crippen MR) is 180 cm³/mol. The third-order valence-corrected chi connectivity index (χ3v) is 10.5. The second kappa shape index (κ2) is 13.0. The van der Waals surface area contributed by atoms with Crippen LogP contribution in [0.4, 0.5) is 14.5 Å². The second-order valence-corrected chi connectivity index (χ2v) is 13.7. The molecule has 3 saturated heterocycles. The number of amides is 3. The highest BCUT2D eigenvalue weighted by Crippen LogP contribution is 2.44. The van der Waals surface area contributed by atoms with Gasteiger partial charge in [0.2, 0.25) is 11.8 Å². The largest absolute Gasteiger partial charge is 0.496 e. The number of carbonyl (C=O) groups is 3. The Bertz CT molecular complexity index is 1740. The van der Waals surface area contributed by atoms with E-state index in [2.05, 4.69) is 27.8 Å². The first-order valence-corrected chi connectivity index (χ1v) is 16.7. The summed E-state index contributed by atoms with van der Waals surface area (Å²) < 4.78 is 39.2. The van der Waals surface area contributed by atoms with Gasteiger partial charge in [-0.3, -0.25) is 24.6 Å². The number of likely N-dealkylation sites (tertiary alicyclic amines) is 1. The SMILES string of the molecule is C=CCN1C=C(c2cc(OC)c(CN3CCC4(C3)CN(c3ccc5c(c3)C(=O)N(C3CCC(=O)NC3=O)C5)C4)c(OC)c2)C=C(C(F)F)C1. The fraction of sp³-hybridized carbons (Fsp3) is 0.432. The van der Waals surface area contributed by atoms with Crippen molar-refractivity contribution in [1.29, 1.82) is 0 Å². The predicted octanol–water partition coefficient (Wildman–Crippen LogP) is 4.21. The number of benzene rings is 2. The summed E-state index contributed by atoms with van der Waals surface area (Å²) in [5, 5.41) is 2.36. The second-order valence-electron chi connectivity index (χ2n) is 13.7. The standard InChI is InChI=1S/C37H41F2N5O5/c1-4-10-41-16-25(12-26(17-41)34(38)39)24-13-31(48-2)29(32(14-24)49-3)19-42-11-9-37(20-42)21-43(22-37)27-6-5-23-18-44(36(47)28(23)15-27)30-7-8-33(45)40-35(30)46/h4-6,12-16,30,34H,1,7-11,17-22H2,2-3H3,(H,40,45,46). The monoisotopic (exact) mass is 673 g/mol. The molecule has 10 nitrogen and oxygen atoms in total. The topological polar surface area (TPSA) is 94.7 Å². The Morgan fingerprint density at radius 2 is 1.82 bits per heavy atom. The first-order chi connectivity index (χ1) is 23.6. The Kier molecular flexibility index (Phi) is 8.68. The number of fused-ring (bicyclic) bond motifs is 1. The van der Waals surface area contributed by atoms with E-state index < -0.39 is 18.4 Å². The van der Waals surface area contributed by atoms with Crippen LogP contribution in [0, 0.1) is 5.41 Å². The van der Waals surface area contributed by atoms with E-state index in [4.69, 9.17) is 9.47 Å². The number of nitrogens with zero attached hydrogens (tertiary/aromatic N) is 4. The number of rotatable bonds is 10. The lowest BCUT2D eigenvalue weighted by atomic mass is 9.78. The quantitative estimate of drug-likeness (QED) is 0.296. The van der Waals surface area contributed by atoms with Gasteiger partial charge in [-0.05, 0) is 66.4 Å². The van der Waals surface area contributed by atoms with Crippen molar-refractivity contribution >= 4 is 29.0 Å². The average molecular weight is 674 g/mol. The summed E-state index contributed by atoms with van der Waals surface area (Å²) in [6.45, 7) is 8.91. The van der Waals surface area contributed by atoms with Gasteiger partial charge in [0.05, 0.1) is 19.8 Å². The summed E-state index contributed by atoms with van der Waals surface area (Å²) in [4.78, 5) is 45.5. The van der Waals surface area contributed by atoms with E-state index in [0.717, 1.165) is 55.0 Å². The van der Waals surface area contributed by atoms with Gasteiger partial charge in [0.1, 0.15) is 17.5 Å². The van der Waals surface area contributed by atoms with E-state index >= 15 is 0 Å². The number of alkyl halides is 2. The smallest absolute Gasteiger partial charge is 0.261 e. The number of ether oxygens (including phenoxy) is 2. The van der Waals surface area contributed by atoms with Gasteiger partial charge in [-0.1, -0.05) is 12.1 Å². The molecule has 12 heteroatoms. The van der Waals surface area contributed by atoms with Gasteiger partial charge in [0.15, 0.2) is 0 Å². The summed E-state index contributed by atoms with van der Waals surface area (Å²) >= 11 is 0. The van der Waals surface area contributed by atoms with Crippen molar-refractivity contribution in [2.24, 2.45) is 5.41 Å². The average Bonchev–Trinajstić information content (AvgIpc) is 3.65. The summed E-state index contributed by atoms with van der Waals surface area (Å²) in [6, 6.07) is 9.14. The van der Waals surface area contributed by atoms with E-state index in [1.54, 1.807) is 31.3 Å². The number of hydrogen-bond acceptors (Lipinski definition) is 8. The fourth-order valence-corrected chi connectivity index (χ4v) is 7.97. The van der Waals surface area contributed by atoms with E-state index in [0.29, 0.717) is 48.7 Å². The molecule has 0 aromatic heterocycles. The van der Waals surface area contributed by atoms with Crippen LogP contribution < -0.4 is 19.7 Å². The molecule has 3 amide bonds. The van der Waals surface area contributed by atoms with E-state index in [9.17, 15) is 23.2 Å². The zero-order valence-electron chi connectivity index (χ0n) is 27.8. The maximum Gasteiger partial charge on any atom is 0.261 e. The molecule has 1 spiro atoms. The molecule has 5 heterocycles. The van der Waals surface area contributed by atoms with Gasteiger partial charge in [-0.25, -0.2) is 8.78 Å². The lowest BCUT2D eigenvalue weighted by Gasteiger charge is -2.49. The number of anilines is 1. The normalized spacial score (nSPS) is 21.9. The van der Waals surface area contributed by atoms with Gasteiger partial charge in [0, 0.05) is 80.7 Å². The molecule has 7 rings (SSSR count). The highest BCUT2D eigenvalue weighted by Gasteiger charge is 2.48. The Labute approximate surface area is 284 Å². The van der Waals surface area contributed by atoms with Gasteiger partial charge >= 0.3 is 0 Å². The van der Waals surface area contributed by atoms with Crippen LogP contribution in [0.5, 0.6) is 11.5 Å². The van der Waals surface area contributed by atoms with Crippen molar-refractivity contribution in [1.82, 2.24) is 20.0 Å². The maximum atomic E-state index is 13.7. The van der Waals surface area contributed by atoms with Crippen molar-refractivity contribution in [3.05, 3.63) is 83.1 Å². The number of carbonyl (C=O) groups excluding carboxylic acids is 3. The highest BCUT2D eigenvalue weighted by molar-refractivity contribution is 6.05. The van der Waals surface area contributed by atoms with Crippen molar-refractivity contribution in [3.8, 4) is 11.5 Å². The molecule has 5 aliphatic heterocycles. The van der Waals surface area contributed by atoms with Crippen LogP contribution in [0.25, 0.3) is 5.57 Å². The molecule has 1 N–H and O–H groups in total. The van der Waals surface area contributed by atoms with Crippen LogP contribution in [0.3, 0.4) is 0 Å². The molecular formula is C37H41F2N5O5. The molecule has 5 aliphatic rings. The molecule has 49 heavy (non-hydrogen) atoms. The summed E-state index contributed by atoms with van der Waals surface area (Å²) in [5.41, 5.74) is 5.01. The zero-order valence-corrected chi connectivity index (χ0v) is 27.8. The van der Waals surface area contributed by atoms with E-state index in [1.165, 1.54) is 0 Å². The first kappa shape index (κ1) is 32.8. The molecular weight excluding hydrogens is 632 g/mol. The number of imide groups is 1. The Balaban J connectivity index is 1.02. The molecule has 2 aromatic carbocycles. The van der Waals surface area contributed by atoms with E-state index in [1.807, 2.05) is 35.4 Å². The number of halogens is 2. The van der Waals surface area contributed by atoms with Crippen LogP contribution >= 0.6 is 0 Å². The van der Waals surface area contributed by atoms with Crippen molar-refractivity contribution in [2.45, 2.75) is 44.8 Å². The maximum absolute atomic E-state index is 13.7. The molecule has 0 bridgehead atoms. The van der Waals surface area contributed by atoms with Crippen molar-refractivity contribution in [3.63, 3.8) is 0 Å². The molecule has 1 unspecified atom stereocenters. The number of piperidine rings is 1. The summed E-state index contributed by atoms with van der Waals surface area (Å²) in [6.07, 6.45) is 4.18. The lowest BCUT2D eigenvalue weighted by molar-refractivity contribution is -0.136. The summed E-state index contributed by atoms with van der Waals surface area (Å²) in [7, 11) is 3.23.